The van der Waals surface area contributed by atoms with Gasteiger partial charge in [0.05, 0.1) is 22.5 Å². The van der Waals surface area contributed by atoms with Gasteiger partial charge in [0, 0.05) is 18.0 Å². The Morgan fingerprint density at radius 3 is 2.28 bits per heavy atom. The Kier molecular flexibility index (Phi) is 5.15. The summed E-state index contributed by atoms with van der Waals surface area (Å²) < 4.78 is 5.65. The fourth-order valence-corrected chi connectivity index (χ4v) is 9.28. The number of carbonyl (C=O) groups is 1. The van der Waals surface area contributed by atoms with E-state index in [9.17, 15) is 40.5 Å². The highest BCUT2D eigenvalue weighted by molar-refractivity contribution is 5.87. The third kappa shape index (κ3) is 2.33. The molecule has 0 aliphatic heterocycles. The number of hydrogen-bond acceptors (Lipinski definition) is 9. The van der Waals surface area contributed by atoms with E-state index in [1.807, 2.05) is 0 Å². The molecule has 5 rings (SSSR count). The first-order chi connectivity index (χ1) is 16.4. The second-order valence-electron chi connectivity index (χ2n) is 12.7. The molecule has 0 unspecified atom stereocenters. The Balaban J connectivity index is 1.79. The van der Waals surface area contributed by atoms with Crippen molar-refractivity contribution in [1.29, 1.82) is 0 Å². The predicted molar refractivity (Wildman–Crippen MR) is 125 cm³/mol. The lowest BCUT2D eigenvalue weighted by molar-refractivity contribution is -0.401. The van der Waals surface area contributed by atoms with Gasteiger partial charge in [-0.2, -0.15) is 0 Å². The largest absolute Gasteiger partial charge is 0.452 e. The van der Waals surface area contributed by atoms with Gasteiger partial charge in [0.2, 0.25) is 0 Å². The molecular weight excluding hydrogens is 470 g/mol. The Labute approximate surface area is 209 Å². The van der Waals surface area contributed by atoms with Crippen LogP contribution in [0.1, 0.15) is 70.8 Å². The number of aromatic amines is 1. The van der Waals surface area contributed by atoms with E-state index in [0.29, 0.717) is 6.42 Å². The van der Waals surface area contributed by atoms with Gasteiger partial charge < -0.3 is 45.5 Å². The van der Waals surface area contributed by atoms with Gasteiger partial charge in [-0.3, -0.25) is 0 Å². The number of esters is 1. The number of rotatable bonds is 3. The van der Waals surface area contributed by atoms with Crippen LogP contribution in [0.4, 0.5) is 0 Å². The summed E-state index contributed by atoms with van der Waals surface area (Å²) in [6, 6.07) is 3.01. The molecule has 2 bridgehead atoms. The lowest BCUT2D eigenvalue weighted by Gasteiger charge is -2.75. The smallest absolute Gasteiger partial charge is 0.355 e. The highest BCUT2D eigenvalue weighted by Gasteiger charge is 2.96. The summed E-state index contributed by atoms with van der Waals surface area (Å²) in [5.41, 5.74) is -12.1. The molecule has 4 aliphatic carbocycles. The number of carbonyl (C=O) groups excluding carboxylic acids is 1. The first-order valence-corrected chi connectivity index (χ1v) is 12.8. The van der Waals surface area contributed by atoms with E-state index in [2.05, 4.69) is 4.98 Å². The third-order valence-corrected chi connectivity index (χ3v) is 11.2. The zero-order chi connectivity index (χ0) is 26.9. The maximum atomic E-state index is 13.0. The summed E-state index contributed by atoms with van der Waals surface area (Å²) in [5.74, 6) is -5.01. The third-order valence-electron chi connectivity index (χ3n) is 11.2. The second-order valence-corrected chi connectivity index (χ2v) is 12.7. The molecule has 10 nitrogen and oxygen atoms in total. The number of nitrogens with one attached hydrogen (secondary N) is 1. The molecule has 4 aliphatic rings. The van der Waals surface area contributed by atoms with Gasteiger partial charge in [0.25, 0.3) is 0 Å². The van der Waals surface area contributed by atoms with Crippen molar-refractivity contribution in [2.75, 3.05) is 0 Å². The van der Waals surface area contributed by atoms with Crippen molar-refractivity contribution in [2.45, 2.75) is 101 Å². The number of H-pyrrole nitrogens is 1. The Hall–Kier alpha value is -1.53. The monoisotopic (exact) mass is 509 g/mol. The fraction of sp³-hybridized carbons (Fsp3) is 0.808. The average Bonchev–Trinajstić information content (AvgIpc) is 3.36. The fourth-order valence-electron chi connectivity index (χ4n) is 9.28. The van der Waals surface area contributed by atoms with Crippen LogP contribution in [-0.2, 0) is 4.74 Å². The van der Waals surface area contributed by atoms with Gasteiger partial charge in [0.15, 0.2) is 11.9 Å². The van der Waals surface area contributed by atoms with Crippen molar-refractivity contribution < 1.29 is 45.3 Å². The minimum absolute atomic E-state index is 0.0283. The van der Waals surface area contributed by atoms with Crippen LogP contribution in [0.5, 0.6) is 0 Å². The summed E-state index contributed by atoms with van der Waals surface area (Å²) in [5, 5.41) is 84.3. The van der Waals surface area contributed by atoms with E-state index in [1.54, 1.807) is 33.8 Å². The first kappa shape index (κ1) is 26.1. The van der Waals surface area contributed by atoms with Gasteiger partial charge in [-0.05, 0) is 50.2 Å². The average molecular weight is 510 g/mol. The molecule has 10 heteroatoms. The molecule has 0 saturated heterocycles. The van der Waals surface area contributed by atoms with Crippen molar-refractivity contribution in [2.24, 2.45) is 28.1 Å². The highest BCUT2D eigenvalue weighted by Crippen LogP contribution is 2.83. The van der Waals surface area contributed by atoms with Crippen LogP contribution in [0.3, 0.4) is 0 Å². The summed E-state index contributed by atoms with van der Waals surface area (Å²) in [6.45, 7) is 7.83. The SMILES string of the molecule is CC(C)[C@@]1(O)[C@@H](OC(=O)c2ccc[nH]2)[C@H](O)[C@@]2(O)[C@]34C[C@@](C)(CC(O)(O)[C@@]21C)[C@@]3(O)CC[C@H](C)[C@H]4O. The minimum Gasteiger partial charge on any atom is -0.452 e. The number of fused-ring (bicyclic) bond motifs is 3. The summed E-state index contributed by atoms with van der Waals surface area (Å²) >= 11 is 0. The maximum absolute atomic E-state index is 13.0. The highest BCUT2D eigenvalue weighted by atomic mass is 16.6. The van der Waals surface area contributed by atoms with Crippen LogP contribution in [0, 0.1) is 28.1 Å². The van der Waals surface area contributed by atoms with E-state index in [0.717, 1.165) is 0 Å². The van der Waals surface area contributed by atoms with Crippen molar-refractivity contribution in [1.82, 2.24) is 4.98 Å². The number of hydrogen-bond donors (Lipinski definition) is 8. The molecule has 0 amide bonds. The van der Waals surface area contributed by atoms with Crippen LogP contribution < -0.4 is 0 Å². The first-order valence-electron chi connectivity index (χ1n) is 12.8. The van der Waals surface area contributed by atoms with E-state index in [1.165, 1.54) is 19.2 Å². The van der Waals surface area contributed by atoms with Crippen molar-refractivity contribution in [3.05, 3.63) is 24.0 Å². The van der Waals surface area contributed by atoms with E-state index < -0.39 is 81.4 Å². The Morgan fingerprint density at radius 2 is 1.72 bits per heavy atom. The number of aromatic nitrogens is 1. The van der Waals surface area contributed by atoms with Crippen LogP contribution in [0.25, 0.3) is 0 Å². The Bertz CT molecular complexity index is 1080. The van der Waals surface area contributed by atoms with E-state index >= 15 is 0 Å². The predicted octanol–water partition coefficient (Wildman–Crippen LogP) is 0.0420. The lowest BCUT2D eigenvalue weighted by Crippen LogP contribution is -2.85. The van der Waals surface area contributed by atoms with Gasteiger partial charge in [-0.25, -0.2) is 4.79 Å². The summed E-state index contributed by atoms with van der Waals surface area (Å²) in [7, 11) is 0. The lowest BCUT2D eigenvalue weighted by atomic mass is 9.32. The van der Waals surface area contributed by atoms with Gasteiger partial charge in [-0.15, -0.1) is 0 Å². The molecule has 36 heavy (non-hydrogen) atoms. The normalized spacial score (nSPS) is 53.2. The second kappa shape index (κ2) is 7.11. The molecule has 0 radical (unpaired) electrons. The molecular formula is C26H39NO9. The molecule has 8 N–H and O–H groups in total. The topological polar surface area (TPSA) is 184 Å². The van der Waals surface area contributed by atoms with Crippen LogP contribution in [-0.4, -0.2) is 87.6 Å². The molecule has 4 fully saturated rings. The number of aliphatic hydroxyl groups is 7. The molecule has 4 saturated carbocycles. The van der Waals surface area contributed by atoms with Crippen molar-refractivity contribution >= 4 is 5.97 Å². The number of aliphatic hydroxyl groups excluding tert-OH is 2. The molecule has 10 atom stereocenters. The zero-order valence-electron chi connectivity index (χ0n) is 21.4. The van der Waals surface area contributed by atoms with Crippen LogP contribution >= 0.6 is 0 Å². The molecule has 1 spiro atoms. The Morgan fingerprint density at radius 1 is 1.08 bits per heavy atom. The van der Waals surface area contributed by atoms with E-state index in [4.69, 9.17) is 4.74 Å². The minimum atomic E-state index is -2.83. The standard InChI is InChI=1S/C26H39NO9/c1-13(2)25(34)18(36-19(30)15-7-6-10-27-15)17(29)26(35)21(25,5)24(32,33)12-20(4)11-22(26)16(28)14(3)8-9-23(20,22)31/h6-7,10,13-14,16-18,27-29,31-35H,8-9,11-12H2,1-5H3/t14-,16+,17-,18-,20-,21+,22-,23-,25+,26-/m0/s1. The number of ether oxygens (including phenoxy) is 1. The molecule has 0 aromatic carbocycles. The van der Waals surface area contributed by atoms with Crippen molar-refractivity contribution in [3.63, 3.8) is 0 Å². The van der Waals surface area contributed by atoms with Crippen molar-refractivity contribution in [3.8, 4) is 0 Å². The van der Waals surface area contributed by atoms with Gasteiger partial charge >= 0.3 is 5.97 Å². The van der Waals surface area contributed by atoms with E-state index in [-0.39, 0.29) is 18.5 Å². The summed E-state index contributed by atoms with van der Waals surface area (Å²) in [6.07, 6.45) is -3.62. The molecule has 1 aromatic rings. The van der Waals surface area contributed by atoms with Gasteiger partial charge in [0.1, 0.15) is 23.0 Å². The molecule has 1 aromatic heterocycles. The molecule has 1 heterocycles. The summed E-state index contributed by atoms with van der Waals surface area (Å²) in [4.78, 5) is 15.7. The van der Waals surface area contributed by atoms with Crippen LogP contribution in [0.15, 0.2) is 18.3 Å². The molecule has 202 valence electrons. The zero-order valence-corrected chi connectivity index (χ0v) is 21.4. The van der Waals surface area contributed by atoms with Crippen LogP contribution in [0.2, 0.25) is 0 Å². The van der Waals surface area contributed by atoms with Gasteiger partial charge in [-0.1, -0.05) is 27.7 Å². The maximum Gasteiger partial charge on any atom is 0.355 e. The quantitative estimate of drug-likeness (QED) is 0.206.